The number of hydrogen-bond donors (Lipinski definition) is 2. The summed E-state index contributed by atoms with van der Waals surface area (Å²) in [6.45, 7) is 6.45. The molecule has 2 atom stereocenters. The van der Waals surface area contributed by atoms with Gasteiger partial charge in [0.05, 0.1) is 6.04 Å². The Balaban J connectivity index is 2.10. The fraction of sp³-hybridized carbons (Fsp3) is 0.857. The number of rotatable bonds is 4. The van der Waals surface area contributed by atoms with Gasteiger partial charge in [-0.3, -0.25) is 14.5 Å². The Kier molecular flexibility index (Phi) is 3.85. The number of amides is 1. The molecule has 2 aliphatic rings. The fourth-order valence-corrected chi connectivity index (χ4v) is 3.03. The number of carboxylic acids is 1. The number of nitrogens with zero attached hydrogens (tertiary/aromatic N) is 1. The van der Waals surface area contributed by atoms with E-state index >= 15 is 0 Å². The maximum atomic E-state index is 12.1. The zero-order valence-corrected chi connectivity index (χ0v) is 12.0. The molecule has 2 fully saturated rings. The summed E-state index contributed by atoms with van der Waals surface area (Å²) in [6, 6.07) is -0.640. The molecule has 0 bridgehead atoms. The third-order valence-electron chi connectivity index (χ3n) is 4.34. The predicted octanol–water partition coefficient (Wildman–Crippen LogP) is 1.23. The van der Waals surface area contributed by atoms with Crippen LogP contribution in [0.4, 0.5) is 0 Å². The van der Waals surface area contributed by atoms with E-state index in [9.17, 15) is 14.7 Å². The van der Waals surface area contributed by atoms with E-state index in [1.165, 1.54) is 0 Å². The van der Waals surface area contributed by atoms with Crippen molar-refractivity contribution in [3.63, 3.8) is 0 Å². The number of carboxylic acid groups (broad SMARTS) is 1. The molecule has 19 heavy (non-hydrogen) atoms. The molecule has 2 rings (SSSR count). The molecule has 5 nitrogen and oxygen atoms in total. The second kappa shape index (κ2) is 5.12. The van der Waals surface area contributed by atoms with E-state index < -0.39 is 12.0 Å². The monoisotopic (exact) mass is 268 g/mol. The molecule has 0 aromatic carbocycles. The van der Waals surface area contributed by atoms with E-state index in [-0.39, 0.29) is 17.4 Å². The summed E-state index contributed by atoms with van der Waals surface area (Å²) in [7, 11) is 0. The summed E-state index contributed by atoms with van der Waals surface area (Å²) >= 11 is 0. The van der Waals surface area contributed by atoms with Crippen molar-refractivity contribution in [1.82, 2.24) is 10.2 Å². The van der Waals surface area contributed by atoms with Crippen molar-refractivity contribution < 1.29 is 14.7 Å². The van der Waals surface area contributed by atoms with Crippen molar-refractivity contribution in [1.29, 1.82) is 0 Å². The molecule has 0 radical (unpaired) electrons. The molecule has 108 valence electrons. The summed E-state index contributed by atoms with van der Waals surface area (Å²) in [6.07, 6.45) is 3.92. The summed E-state index contributed by atoms with van der Waals surface area (Å²) < 4.78 is 0. The molecule has 1 saturated heterocycles. The second-order valence-corrected chi connectivity index (χ2v) is 6.53. The first-order chi connectivity index (χ1) is 8.83. The van der Waals surface area contributed by atoms with Gasteiger partial charge >= 0.3 is 5.97 Å². The lowest BCUT2D eigenvalue weighted by Gasteiger charge is -2.46. The van der Waals surface area contributed by atoms with Gasteiger partial charge in [0.15, 0.2) is 0 Å². The van der Waals surface area contributed by atoms with Gasteiger partial charge in [-0.15, -0.1) is 0 Å². The standard InChI is InChI=1S/C14H24N2O3/c1-9(12(17)15-10-5-6-10)16-8-4-7-14(2,3)11(16)13(18)19/h9-11H,4-8H2,1-3H3,(H,15,17)(H,18,19). The first-order valence-corrected chi connectivity index (χ1v) is 7.12. The van der Waals surface area contributed by atoms with E-state index in [0.717, 1.165) is 25.7 Å². The molecular weight excluding hydrogens is 244 g/mol. The Hall–Kier alpha value is -1.10. The van der Waals surface area contributed by atoms with Gasteiger partial charge < -0.3 is 10.4 Å². The van der Waals surface area contributed by atoms with Gasteiger partial charge in [0.25, 0.3) is 0 Å². The average molecular weight is 268 g/mol. The number of hydrogen-bond acceptors (Lipinski definition) is 3. The normalized spacial score (nSPS) is 28.7. The van der Waals surface area contributed by atoms with Gasteiger partial charge in [0.2, 0.25) is 5.91 Å². The summed E-state index contributed by atoms with van der Waals surface area (Å²) in [5.74, 6) is -0.859. The van der Waals surface area contributed by atoms with Crippen molar-refractivity contribution in [2.24, 2.45) is 5.41 Å². The minimum absolute atomic E-state index is 0.0357. The third-order valence-corrected chi connectivity index (χ3v) is 4.34. The van der Waals surface area contributed by atoms with Crippen LogP contribution >= 0.6 is 0 Å². The summed E-state index contributed by atoms with van der Waals surface area (Å²) in [4.78, 5) is 25.5. The van der Waals surface area contributed by atoms with Crippen molar-refractivity contribution >= 4 is 11.9 Å². The van der Waals surface area contributed by atoms with Crippen molar-refractivity contribution in [3.05, 3.63) is 0 Å². The summed E-state index contributed by atoms with van der Waals surface area (Å²) in [5.41, 5.74) is -0.293. The minimum Gasteiger partial charge on any atom is -0.480 e. The smallest absolute Gasteiger partial charge is 0.321 e. The van der Waals surface area contributed by atoms with Crippen LogP contribution < -0.4 is 5.32 Å². The van der Waals surface area contributed by atoms with Gasteiger partial charge in [-0.2, -0.15) is 0 Å². The van der Waals surface area contributed by atoms with Crippen LogP contribution in [0.2, 0.25) is 0 Å². The fourth-order valence-electron chi connectivity index (χ4n) is 3.03. The van der Waals surface area contributed by atoms with E-state index in [4.69, 9.17) is 0 Å². The Morgan fingerprint density at radius 3 is 2.53 bits per heavy atom. The highest BCUT2D eigenvalue weighted by molar-refractivity contribution is 5.83. The molecule has 0 spiro atoms. The molecule has 1 amide bonds. The quantitative estimate of drug-likeness (QED) is 0.804. The lowest BCUT2D eigenvalue weighted by molar-refractivity contribution is -0.154. The zero-order chi connectivity index (χ0) is 14.2. The molecule has 1 aliphatic heterocycles. The lowest BCUT2D eigenvalue weighted by Crippen LogP contribution is -2.60. The first kappa shape index (κ1) is 14.3. The molecule has 2 unspecified atom stereocenters. The van der Waals surface area contributed by atoms with E-state index in [1.807, 2.05) is 25.7 Å². The van der Waals surface area contributed by atoms with Crippen LogP contribution in [0.1, 0.15) is 46.5 Å². The maximum absolute atomic E-state index is 12.1. The van der Waals surface area contributed by atoms with Gasteiger partial charge in [-0.1, -0.05) is 13.8 Å². The Morgan fingerprint density at radius 1 is 1.37 bits per heavy atom. The van der Waals surface area contributed by atoms with E-state index in [2.05, 4.69) is 5.32 Å². The molecule has 2 N–H and O–H groups in total. The number of carbonyl (C=O) groups excluding carboxylic acids is 1. The number of nitrogens with one attached hydrogen (secondary N) is 1. The largest absolute Gasteiger partial charge is 0.480 e. The number of likely N-dealkylation sites (tertiary alicyclic amines) is 1. The van der Waals surface area contributed by atoms with Crippen LogP contribution in [0, 0.1) is 5.41 Å². The average Bonchev–Trinajstić information content (AvgIpc) is 3.09. The van der Waals surface area contributed by atoms with Gasteiger partial charge in [-0.25, -0.2) is 0 Å². The minimum atomic E-state index is -0.823. The van der Waals surface area contributed by atoms with E-state index in [0.29, 0.717) is 12.6 Å². The molecule has 0 aromatic rings. The van der Waals surface area contributed by atoms with Gasteiger partial charge in [-0.05, 0) is 44.6 Å². The van der Waals surface area contributed by atoms with Gasteiger partial charge in [0.1, 0.15) is 6.04 Å². The molecule has 0 aromatic heterocycles. The first-order valence-electron chi connectivity index (χ1n) is 7.12. The van der Waals surface area contributed by atoms with Crippen LogP contribution in [-0.2, 0) is 9.59 Å². The zero-order valence-electron chi connectivity index (χ0n) is 12.0. The van der Waals surface area contributed by atoms with Crippen LogP contribution in [0.3, 0.4) is 0 Å². The second-order valence-electron chi connectivity index (χ2n) is 6.53. The SMILES string of the molecule is CC(C(=O)NC1CC1)N1CCCC(C)(C)C1C(=O)O. The highest BCUT2D eigenvalue weighted by Crippen LogP contribution is 2.36. The third kappa shape index (κ3) is 3.08. The maximum Gasteiger partial charge on any atom is 0.321 e. The highest BCUT2D eigenvalue weighted by Gasteiger charge is 2.45. The van der Waals surface area contributed by atoms with E-state index in [1.54, 1.807) is 0 Å². The van der Waals surface area contributed by atoms with Crippen LogP contribution in [0.25, 0.3) is 0 Å². The Morgan fingerprint density at radius 2 is 2.00 bits per heavy atom. The molecule has 1 saturated carbocycles. The van der Waals surface area contributed by atoms with Crippen LogP contribution in [0.5, 0.6) is 0 Å². The van der Waals surface area contributed by atoms with Gasteiger partial charge in [0, 0.05) is 6.04 Å². The Bertz CT molecular complexity index is 377. The Labute approximate surface area is 114 Å². The number of piperidine rings is 1. The van der Waals surface area contributed by atoms with Crippen molar-refractivity contribution in [2.45, 2.75) is 64.6 Å². The highest BCUT2D eigenvalue weighted by atomic mass is 16.4. The molecule has 1 aliphatic carbocycles. The van der Waals surface area contributed by atoms with Crippen LogP contribution in [0.15, 0.2) is 0 Å². The summed E-state index contributed by atoms with van der Waals surface area (Å²) in [5, 5.41) is 12.5. The van der Waals surface area contributed by atoms with Crippen molar-refractivity contribution in [2.75, 3.05) is 6.54 Å². The molecular formula is C14H24N2O3. The molecule has 5 heteroatoms. The topological polar surface area (TPSA) is 69.6 Å². The van der Waals surface area contributed by atoms with Crippen LogP contribution in [-0.4, -0.2) is 46.6 Å². The molecule has 1 heterocycles. The number of carbonyl (C=O) groups is 2. The number of aliphatic carboxylic acids is 1. The lowest BCUT2D eigenvalue weighted by atomic mass is 9.76. The predicted molar refractivity (Wildman–Crippen MR) is 71.8 cm³/mol. The van der Waals surface area contributed by atoms with Crippen molar-refractivity contribution in [3.8, 4) is 0 Å².